The van der Waals surface area contributed by atoms with Gasteiger partial charge in [0.15, 0.2) is 0 Å². The van der Waals surface area contributed by atoms with Crippen LogP contribution in [0.4, 0.5) is 0 Å². The van der Waals surface area contributed by atoms with Crippen molar-refractivity contribution in [2.24, 2.45) is 17.3 Å². The molecule has 4 heteroatoms. The lowest BCUT2D eigenvalue weighted by molar-refractivity contribution is -0.160. The molecule has 3 rings (SSSR count). The van der Waals surface area contributed by atoms with Crippen LogP contribution in [0.3, 0.4) is 0 Å². The highest BCUT2D eigenvalue weighted by Crippen LogP contribution is 2.45. The van der Waals surface area contributed by atoms with Crippen molar-refractivity contribution < 1.29 is 14.3 Å². The normalized spacial score (nSPS) is 28.9. The van der Waals surface area contributed by atoms with Crippen LogP contribution >= 0.6 is 0 Å². The van der Waals surface area contributed by atoms with Crippen molar-refractivity contribution in [1.29, 1.82) is 0 Å². The van der Waals surface area contributed by atoms with Crippen LogP contribution in [-0.2, 0) is 20.9 Å². The minimum absolute atomic E-state index is 0.0199. The van der Waals surface area contributed by atoms with Gasteiger partial charge in [-0.2, -0.15) is 0 Å². The Morgan fingerprint density at radius 2 is 2.04 bits per heavy atom. The van der Waals surface area contributed by atoms with Crippen LogP contribution < -0.4 is 5.32 Å². The SMILES string of the molecule is CC(C)[C@]1(C(=O)OCc2ccccc2)CC[C@@H](NCC2CCCOCC2)C1. The van der Waals surface area contributed by atoms with Crippen molar-refractivity contribution in [1.82, 2.24) is 5.32 Å². The lowest BCUT2D eigenvalue weighted by Crippen LogP contribution is -2.39. The molecule has 1 unspecified atom stereocenters. The quantitative estimate of drug-likeness (QED) is 0.723. The smallest absolute Gasteiger partial charge is 0.312 e. The van der Waals surface area contributed by atoms with E-state index >= 15 is 0 Å². The Morgan fingerprint density at radius 3 is 2.81 bits per heavy atom. The van der Waals surface area contributed by atoms with Gasteiger partial charge in [-0.15, -0.1) is 0 Å². The van der Waals surface area contributed by atoms with Crippen molar-refractivity contribution in [2.75, 3.05) is 19.8 Å². The first-order valence-corrected chi connectivity index (χ1v) is 10.6. The number of benzene rings is 1. The zero-order valence-corrected chi connectivity index (χ0v) is 16.9. The highest BCUT2D eigenvalue weighted by molar-refractivity contribution is 5.77. The van der Waals surface area contributed by atoms with Gasteiger partial charge < -0.3 is 14.8 Å². The fourth-order valence-corrected chi connectivity index (χ4v) is 4.57. The number of hydrogen-bond acceptors (Lipinski definition) is 4. The van der Waals surface area contributed by atoms with Gasteiger partial charge >= 0.3 is 5.97 Å². The molecule has 3 atom stereocenters. The second-order valence-corrected chi connectivity index (χ2v) is 8.63. The Hall–Kier alpha value is -1.39. The summed E-state index contributed by atoms with van der Waals surface area (Å²) in [6.07, 6.45) is 6.42. The maximum atomic E-state index is 13.0. The third kappa shape index (κ3) is 5.32. The van der Waals surface area contributed by atoms with E-state index in [2.05, 4.69) is 19.2 Å². The van der Waals surface area contributed by atoms with Gasteiger partial charge in [0.1, 0.15) is 6.61 Å². The lowest BCUT2D eigenvalue weighted by atomic mass is 9.75. The summed E-state index contributed by atoms with van der Waals surface area (Å²) in [6, 6.07) is 10.4. The molecule has 4 nitrogen and oxygen atoms in total. The van der Waals surface area contributed by atoms with Gasteiger partial charge in [0.25, 0.3) is 0 Å². The van der Waals surface area contributed by atoms with Crippen LogP contribution in [0.25, 0.3) is 0 Å². The molecular formula is C23H35NO3. The fraction of sp³-hybridized carbons (Fsp3) is 0.696. The number of esters is 1. The van der Waals surface area contributed by atoms with E-state index in [1.165, 1.54) is 12.8 Å². The third-order valence-electron chi connectivity index (χ3n) is 6.54. The summed E-state index contributed by atoms with van der Waals surface area (Å²) in [5.41, 5.74) is 0.701. The van der Waals surface area contributed by atoms with Gasteiger partial charge in [0.05, 0.1) is 5.41 Å². The Bertz CT molecular complexity index is 581. The molecule has 0 radical (unpaired) electrons. The van der Waals surface area contributed by atoms with Gasteiger partial charge in [-0.25, -0.2) is 0 Å². The zero-order chi connectivity index (χ0) is 19.1. The summed E-state index contributed by atoms with van der Waals surface area (Å²) >= 11 is 0. The Kier molecular flexibility index (Phi) is 7.31. The van der Waals surface area contributed by atoms with Crippen LogP contribution in [0.2, 0.25) is 0 Å². The molecule has 0 bridgehead atoms. The van der Waals surface area contributed by atoms with Gasteiger partial charge in [-0.3, -0.25) is 4.79 Å². The number of nitrogens with one attached hydrogen (secondary N) is 1. The number of ether oxygens (including phenoxy) is 2. The summed E-state index contributed by atoms with van der Waals surface area (Å²) in [5.74, 6) is 0.971. The lowest BCUT2D eigenvalue weighted by Gasteiger charge is -2.31. The first-order chi connectivity index (χ1) is 13.1. The maximum absolute atomic E-state index is 13.0. The number of carbonyl (C=O) groups excluding carboxylic acids is 1. The van der Waals surface area contributed by atoms with Crippen molar-refractivity contribution in [3.8, 4) is 0 Å². The molecule has 0 amide bonds. The van der Waals surface area contributed by atoms with Gasteiger partial charge in [0, 0.05) is 19.3 Å². The molecule has 1 aliphatic heterocycles. The highest BCUT2D eigenvalue weighted by Gasteiger charge is 2.48. The number of carbonyl (C=O) groups is 1. The minimum Gasteiger partial charge on any atom is -0.460 e. The van der Waals surface area contributed by atoms with Gasteiger partial charge in [-0.1, -0.05) is 44.2 Å². The largest absolute Gasteiger partial charge is 0.460 e. The molecule has 1 saturated heterocycles. The number of hydrogen-bond donors (Lipinski definition) is 1. The number of rotatable bonds is 7. The first-order valence-electron chi connectivity index (χ1n) is 10.6. The molecule has 2 aliphatic rings. The molecule has 0 spiro atoms. The summed E-state index contributed by atoms with van der Waals surface area (Å²) in [4.78, 5) is 13.0. The second kappa shape index (κ2) is 9.70. The van der Waals surface area contributed by atoms with Crippen LogP contribution in [0.1, 0.15) is 57.9 Å². The topological polar surface area (TPSA) is 47.6 Å². The third-order valence-corrected chi connectivity index (χ3v) is 6.54. The van der Waals surface area contributed by atoms with E-state index in [-0.39, 0.29) is 11.4 Å². The highest BCUT2D eigenvalue weighted by atomic mass is 16.5. The first kappa shape index (κ1) is 20.3. The van der Waals surface area contributed by atoms with Crippen molar-refractivity contribution in [3.05, 3.63) is 35.9 Å². The zero-order valence-electron chi connectivity index (χ0n) is 16.9. The van der Waals surface area contributed by atoms with E-state index < -0.39 is 0 Å². The molecule has 1 saturated carbocycles. The molecule has 1 heterocycles. The van der Waals surface area contributed by atoms with E-state index in [9.17, 15) is 4.79 Å². The average molecular weight is 374 g/mol. The van der Waals surface area contributed by atoms with Crippen LogP contribution in [0.5, 0.6) is 0 Å². The predicted molar refractivity (Wildman–Crippen MR) is 107 cm³/mol. The van der Waals surface area contributed by atoms with Gasteiger partial charge in [0.2, 0.25) is 0 Å². The van der Waals surface area contributed by atoms with E-state index in [0.29, 0.717) is 24.5 Å². The van der Waals surface area contributed by atoms with Crippen LogP contribution in [0.15, 0.2) is 30.3 Å². The van der Waals surface area contributed by atoms with Crippen molar-refractivity contribution in [2.45, 2.75) is 65.0 Å². The predicted octanol–water partition coefficient (Wildman–Crippen LogP) is 4.33. The molecule has 27 heavy (non-hydrogen) atoms. The molecule has 1 aromatic carbocycles. The molecular weight excluding hydrogens is 338 g/mol. The van der Waals surface area contributed by atoms with Crippen molar-refractivity contribution >= 4 is 5.97 Å². The molecule has 150 valence electrons. The van der Waals surface area contributed by atoms with Crippen molar-refractivity contribution in [3.63, 3.8) is 0 Å². The van der Waals surface area contributed by atoms with E-state index in [4.69, 9.17) is 9.47 Å². The summed E-state index contributed by atoms with van der Waals surface area (Å²) < 4.78 is 11.3. The maximum Gasteiger partial charge on any atom is 0.312 e. The van der Waals surface area contributed by atoms with E-state index in [0.717, 1.165) is 51.0 Å². The Balaban J connectivity index is 1.52. The van der Waals surface area contributed by atoms with Gasteiger partial charge in [-0.05, 0) is 62.5 Å². The minimum atomic E-state index is -0.348. The monoisotopic (exact) mass is 373 g/mol. The van der Waals surface area contributed by atoms with E-state index in [1.54, 1.807) is 0 Å². The molecule has 0 aromatic heterocycles. The van der Waals surface area contributed by atoms with Crippen LogP contribution in [-0.4, -0.2) is 31.8 Å². The summed E-state index contributed by atoms with van der Waals surface area (Å²) in [6.45, 7) is 7.53. The van der Waals surface area contributed by atoms with E-state index in [1.807, 2.05) is 30.3 Å². The molecule has 2 fully saturated rings. The molecule has 1 aromatic rings. The standard InChI is InChI=1S/C23H35NO3/c1-18(2)23(22(25)27-17-20-7-4-3-5-8-20)12-10-21(15-23)24-16-19-9-6-13-26-14-11-19/h3-5,7-8,18-19,21,24H,6,9-17H2,1-2H3/t19?,21-,23+/m1/s1. The summed E-state index contributed by atoms with van der Waals surface area (Å²) in [5, 5.41) is 3.75. The fourth-order valence-electron chi connectivity index (χ4n) is 4.57. The van der Waals surface area contributed by atoms with Crippen LogP contribution in [0, 0.1) is 17.3 Å². The Morgan fingerprint density at radius 1 is 1.22 bits per heavy atom. The average Bonchev–Trinajstić information content (AvgIpc) is 2.96. The molecule has 1 N–H and O–H groups in total. The Labute approximate surface area is 164 Å². The second-order valence-electron chi connectivity index (χ2n) is 8.63. The summed E-state index contributed by atoms with van der Waals surface area (Å²) in [7, 11) is 0. The molecule has 1 aliphatic carbocycles.